The van der Waals surface area contributed by atoms with Crippen LogP contribution in [0.1, 0.15) is 11.4 Å². The lowest BCUT2D eigenvalue weighted by molar-refractivity contribution is 0.969. The summed E-state index contributed by atoms with van der Waals surface area (Å²) in [7, 11) is 0. The summed E-state index contributed by atoms with van der Waals surface area (Å²) in [6.07, 6.45) is 2.78. The molecule has 0 aliphatic carbocycles. The van der Waals surface area contributed by atoms with Gasteiger partial charge in [-0.1, -0.05) is 18.2 Å². The molecule has 0 spiro atoms. The molecule has 1 aromatic heterocycles. The second-order valence-electron chi connectivity index (χ2n) is 3.62. The van der Waals surface area contributed by atoms with Crippen molar-refractivity contribution in [1.82, 2.24) is 9.97 Å². The summed E-state index contributed by atoms with van der Waals surface area (Å²) in [4.78, 5) is 7.41. The molecular weight excluding hydrogens is 186 g/mol. The molecule has 2 rings (SSSR count). The van der Waals surface area contributed by atoms with Gasteiger partial charge in [-0.2, -0.15) is 0 Å². The predicted octanol–water partition coefficient (Wildman–Crippen LogP) is 1.89. The average molecular weight is 201 g/mol. The van der Waals surface area contributed by atoms with Gasteiger partial charge in [-0.15, -0.1) is 0 Å². The van der Waals surface area contributed by atoms with E-state index in [-0.39, 0.29) is 0 Å². The first-order valence-corrected chi connectivity index (χ1v) is 5.10. The van der Waals surface area contributed by atoms with Crippen LogP contribution >= 0.6 is 0 Å². The van der Waals surface area contributed by atoms with Crippen molar-refractivity contribution in [3.05, 3.63) is 41.9 Å². The number of hydrogen-bond acceptors (Lipinski definition) is 2. The van der Waals surface area contributed by atoms with E-state index in [0.717, 1.165) is 17.9 Å². The van der Waals surface area contributed by atoms with Crippen molar-refractivity contribution < 1.29 is 0 Å². The monoisotopic (exact) mass is 201 g/mol. The lowest BCUT2D eigenvalue weighted by Crippen LogP contribution is -2.02. The zero-order valence-electron chi connectivity index (χ0n) is 8.83. The zero-order chi connectivity index (χ0) is 10.7. The number of aromatic amines is 1. The van der Waals surface area contributed by atoms with Gasteiger partial charge in [0.1, 0.15) is 5.82 Å². The SMILES string of the molecule is Cc1ncc(-c2cccc(CCN)c2)[nH]1. The van der Waals surface area contributed by atoms with Crippen LogP contribution in [0.15, 0.2) is 30.5 Å². The normalized spacial score (nSPS) is 10.5. The van der Waals surface area contributed by atoms with Gasteiger partial charge in [-0.25, -0.2) is 4.98 Å². The summed E-state index contributed by atoms with van der Waals surface area (Å²) in [6, 6.07) is 8.38. The van der Waals surface area contributed by atoms with Gasteiger partial charge in [0.2, 0.25) is 0 Å². The highest BCUT2D eigenvalue weighted by Gasteiger charge is 2.01. The minimum absolute atomic E-state index is 0.686. The molecule has 0 atom stereocenters. The molecule has 3 heteroatoms. The number of nitrogens with zero attached hydrogens (tertiary/aromatic N) is 1. The molecule has 0 saturated heterocycles. The van der Waals surface area contributed by atoms with E-state index in [4.69, 9.17) is 5.73 Å². The zero-order valence-corrected chi connectivity index (χ0v) is 8.83. The lowest BCUT2D eigenvalue weighted by atomic mass is 10.1. The maximum absolute atomic E-state index is 5.53. The molecule has 0 aliphatic heterocycles. The van der Waals surface area contributed by atoms with Gasteiger partial charge in [-0.3, -0.25) is 0 Å². The van der Waals surface area contributed by atoms with E-state index >= 15 is 0 Å². The van der Waals surface area contributed by atoms with Crippen LogP contribution in [0.4, 0.5) is 0 Å². The van der Waals surface area contributed by atoms with Crippen LogP contribution in [0.25, 0.3) is 11.3 Å². The standard InChI is InChI=1S/C12H15N3/c1-9-14-8-12(15-9)11-4-2-3-10(7-11)5-6-13/h2-4,7-8H,5-6,13H2,1H3,(H,14,15). The number of rotatable bonds is 3. The molecule has 0 radical (unpaired) electrons. The molecule has 78 valence electrons. The molecule has 0 saturated carbocycles. The Morgan fingerprint density at radius 1 is 1.40 bits per heavy atom. The molecule has 0 amide bonds. The van der Waals surface area contributed by atoms with Crippen molar-refractivity contribution in [3.63, 3.8) is 0 Å². The molecule has 15 heavy (non-hydrogen) atoms. The fraction of sp³-hybridized carbons (Fsp3) is 0.250. The van der Waals surface area contributed by atoms with E-state index in [1.807, 2.05) is 13.1 Å². The molecule has 0 aliphatic rings. The van der Waals surface area contributed by atoms with E-state index in [9.17, 15) is 0 Å². The van der Waals surface area contributed by atoms with Crippen LogP contribution in [-0.2, 0) is 6.42 Å². The summed E-state index contributed by atoms with van der Waals surface area (Å²) < 4.78 is 0. The quantitative estimate of drug-likeness (QED) is 0.796. The van der Waals surface area contributed by atoms with Crippen LogP contribution in [0.3, 0.4) is 0 Å². The van der Waals surface area contributed by atoms with Crippen LogP contribution in [0, 0.1) is 6.92 Å². The second-order valence-corrected chi connectivity index (χ2v) is 3.62. The summed E-state index contributed by atoms with van der Waals surface area (Å²) in [6.45, 7) is 2.64. The van der Waals surface area contributed by atoms with Gasteiger partial charge in [0.25, 0.3) is 0 Å². The molecule has 0 unspecified atom stereocenters. The highest BCUT2D eigenvalue weighted by Crippen LogP contribution is 2.18. The van der Waals surface area contributed by atoms with Gasteiger partial charge in [0.05, 0.1) is 11.9 Å². The molecule has 1 aromatic carbocycles. The van der Waals surface area contributed by atoms with Crippen molar-refractivity contribution in [1.29, 1.82) is 0 Å². The Morgan fingerprint density at radius 3 is 2.93 bits per heavy atom. The van der Waals surface area contributed by atoms with Crippen LogP contribution in [0.5, 0.6) is 0 Å². The molecule has 3 N–H and O–H groups in total. The topological polar surface area (TPSA) is 54.7 Å². The van der Waals surface area contributed by atoms with Gasteiger partial charge < -0.3 is 10.7 Å². The second kappa shape index (κ2) is 4.28. The number of aromatic nitrogens is 2. The minimum Gasteiger partial charge on any atom is -0.342 e. The maximum Gasteiger partial charge on any atom is 0.103 e. The highest BCUT2D eigenvalue weighted by molar-refractivity contribution is 5.59. The first-order chi connectivity index (χ1) is 7.29. The Kier molecular flexibility index (Phi) is 2.83. The van der Waals surface area contributed by atoms with Crippen LogP contribution in [-0.4, -0.2) is 16.5 Å². The Bertz CT molecular complexity index is 446. The fourth-order valence-corrected chi connectivity index (χ4v) is 1.63. The van der Waals surface area contributed by atoms with Gasteiger partial charge in [0, 0.05) is 0 Å². The van der Waals surface area contributed by atoms with E-state index in [1.54, 1.807) is 0 Å². The summed E-state index contributed by atoms with van der Waals surface area (Å²) in [5.74, 6) is 0.939. The van der Waals surface area contributed by atoms with Gasteiger partial charge >= 0.3 is 0 Å². The number of hydrogen-bond donors (Lipinski definition) is 2. The lowest BCUT2D eigenvalue weighted by Gasteiger charge is -2.01. The van der Waals surface area contributed by atoms with Crippen LogP contribution < -0.4 is 5.73 Å². The number of H-pyrrole nitrogens is 1. The van der Waals surface area contributed by atoms with Crippen molar-refractivity contribution in [3.8, 4) is 11.3 Å². The highest BCUT2D eigenvalue weighted by atomic mass is 14.9. The number of aryl methyl sites for hydroxylation is 1. The average Bonchev–Trinajstić information content (AvgIpc) is 2.66. The first kappa shape index (κ1) is 9.93. The molecule has 0 bridgehead atoms. The Hall–Kier alpha value is -1.61. The van der Waals surface area contributed by atoms with E-state index < -0.39 is 0 Å². The van der Waals surface area contributed by atoms with Crippen molar-refractivity contribution in [2.24, 2.45) is 5.73 Å². The molecule has 0 fully saturated rings. The van der Waals surface area contributed by atoms with Crippen molar-refractivity contribution in [2.75, 3.05) is 6.54 Å². The predicted molar refractivity (Wildman–Crippen MR) is 61.5 cm³/mol. The molecule has 1 heterocycles. The fourth-order valence-electron chi connectivity index (χ4n) is 1.63. The third kappa shape index (κ3) is 2.25. The summed E-state index contributed by atoms with van der Waals surface area (Å²) in [5.41, 5.74) is 9.03. The minimum atomic E-state index is 0.686. The number of benzene rings is 1. The largest absolute Gasteiger partial charge is 0.342 e. The summed E-state index contributed by atoms with van der Waals surface area (Å²) >= 11 is 0. The summed E-state index contributed by atoms with van der Waals surface area (Å²) in [5, 5.41) is 0. The third-order valence-electron chi connectivity index (χ3n) is 2.37. The maximum atomic E-state index is 5.53. The Morgan fingerprint density at radius 2 is 2.27 bits per heavy atom. The van der Waals surface area contributed by atoms with Gasteiger partial charge in [-0.05, 0) is 37.1 Å². The number of nitrogens with two attached hydrogens (primary N) is 1. The van der Waals surface area contributed by atoms with Gasteiger partial charge in [0.15, 0.2) is 0 Å². The molecular formula is C12H15N3. The van der Waals surface area contributed by atoms with Crippen molar-refractivity contribution in [2.45, 2.75) is 13.3 Å². The molecule has 3 nitrogen and oxygen atoms in total. The number of nitrogens with one attached hydrogen (secondary N) is 1. The first-order valence-electron chi connectivity index (χ1n) is 5.10. The van der Waals surface area contributed by atoms with E-state index in [0.29, 0.717) is 6.54 Å². The Labute approximate surface area is 89.4 Å². The van der Waals surface area contributed by atoms with Crippen molar-refractivity contribution >= 4 is 0 Å². The number of imidazole rings is 1. The van der Waals surface area contributed by atoms with E-state index in [1.165, 1.54) is 11.1 Å². The smallest absolute Gasteiger partial charge is 0.103 e. The molecule has 2 aromatic rings. The van der Waals surface area contributed by atoms with Crippen LogP contribution in [0.2, 0.25) is 0 Å². The third-order valence-corrected chi connectivity index (χ3v) is 2.37. The Balaban J connectivity index is 2.32. The van der Waals surface area contributed by atoms with E-state index in [2.05, 4.69) is 34.2 Å².